The number of fused-ring (bicyclic) bond motifs is 1. The first-order valence-corrected chi connectivity index (χ1v) is 10.4. The number of hydrogen-bond acceptors (Lipinski definition) is 8. The van der Waals surface area contributed by atoms with Crippen LogP contribution in [0.15, 0.2) is 42.0 Å². The Kier molecular flexibility index (Phi) is 6.00. The molecule has 0 fully saturated rings. The number of nitrogens with one attached hydrogen (secondary N) is 3. The minimum atomic E-state index is -4.87. The number of amides is 2. The summed E-state index contributed by atoms with van der Waals surface area (Å²) in [6.07, 6.45) is -8.19. The number of anilines is 3. The van der Waals surface area contributed by atoms with Crippen molar-refractivity contribution >= 4 is 40.5 Å². The molecule has 2 amide bonds. The van der Waals surface area contributed by atoms with Crippen molar-refractivity contribution in [1.29, 1.82) is 0 Å². The zero-order valence-electron chi connectivity index (χ0n) is 17.2. The van der Waals surface area contributed by atoms with Gasteiger partial charge in [0, 0.05) is 31.4 Å². The molecule has 1 aliphatic rings. The third kappa shape index (κ3) is 4.85. The molecule has 34 heavy (non-hydrogen) atoms. The molecule has 178 valence electrons. The molecule has 4 rings (SSSR count). The lowest BCUT2D eigenvalue weighted by molar-refractivity contribution is -0.391. The molecule has 0 bridgehead atoms. The van der Waals surface area contributed by atoms with E-state index in [4.69, 9.17) is 0 Å². The van der Waals surface area contributed by atoms with Gasteiger partial charge in [-0.2, -0.15) is 17.6 Å². The number of halogens is 4. The number of carbonyl (C=O) groups excluding carboxylic acids is 2. The second-order valence-corrected chi connectivity index (χ2v) is 7.82. The van der Waals surface area contributed by atoms with Crippen molar-refractivity contribution in [2.75, 3.05) is 16.0 Å². The number of benzene rings is 1. The largest absolute Gasteiger partial charge is 0.507 e. The number of ether oxygens (including phenoxy) is 2. The standard InChI is InChI=1S/C20H15F4N5O4S/c1-10(30)28-15-6-11(4-5-25-15)8-26-17-16(34-9-27-17)18(31)29-12-2-3-13-14(7-12)33-20(23,24)19(21,22)32-13/h2-7,9,26H,8H2,1H3,(H,29,31)(H,25,28,30). The highest BCUT2D eigenvalue weighted by Crippen LogP contribution is 2.47. The Bertz CT molecular complexity index is 1250. The van der Waals surface area contributed by atoms with E-state index in [-0.39, 0.29) is 28.8 Å². The number of thiazole rings is 1. The molecule has 3 aromatic rings. The molecule has 0 unspecified atom stereocenters. The van der Waals surface area contributed by atoms with Crippen molar-refractivity contribution in [2.45, 2.75) is 25.7 Å². The zero-order chi connectivity index (χ0) is 24.5. The average molecular weight is 497 g/mol. The summed E-state index contributed by atoms with van der Waals surface area (Å²) < 4.78 is 61.5. The van der Waals surface area contributed by atoms with Crippen molar-refractivity contribution in [3.05, 3.63) is 52.5 Å². The normalized spacial score (nSPS) is 15.3. The smallest absolute Gasteiger partial charge is 0.421 e. The van der Waals surface area contributed by atoms with E-state index in [1.54, 1.807) is 12.1 Å². The van der Waals surface area contributed by atoms with Crippen molar-refractivity contribution in [3.63, 3.8) is 0 Å². The van der Waals surface area contributed by atoms with Crippen LogP contribution in [-0.2, 0) is 11.3 Å². The first-order valence-electron chi connectivity index (χ1n) is 9.53. The molecule has 1 aliphatic heterocycles. The highest BCUT2D eigenvalue weighted by atomic mass is 32.1. The van der Waals surface area contributed by atoms with Gasteiger partial charge in [0.2, 0.25) is 5.91 Å². The Labute approximate surface area is 193 Å². The first kappa shape index (κ1) is 23.2. The summed E-state index contributed by atoms with van der Waals surface area (Å²) in [6.45, 7) is 1.61. The molecule has 0 radical (unpaired) electrons. The molecule has 0 aliphatic carbocycles. The summed E-state index contributed by atoms with van der Waals surface area (Å²) >= 11 is 1.02. The summed E-state index contributed by atoms with van der Waals surface area (Å²) in [5.74, 6) is -1.51. The number of carbonyl (C=O) groups is 2. The topological polar surface area (TPSA) is 114 Å². The van der Waals surface area contributed by atoms with E-state index < -0.39 is 29.6 Å². The molecule has 0 spiro atoms. The predicted molar refractivity (Wildman–Crippen MR) is 114 cm³/mol. The summed E-state index contributed by atoms with van der Waals surface area (Å²) in [6, 6.07) is 6.49. The zero-order valence-corrected chi connectivity index (χ0v) is 18.0. The third-order valence-corrected chi connectivity index (χ3v) is 5.20. The average Bonchev–Trinajstić information content (AvgIpc) is 3.21. The van der Waals surface area contributed by atoms with Gasteiger partial charge in [0.05, 0.1) is 5.51 Å². The number of pyridine rings is 1. The van der Waals surface area contributed by atoms with Crippen LogP contribution < -0.4 is 25.4 Å². The highest BCUT2D eigenvalue weighted by molar-refractivity contribution is 7.12. The number of rotatable bonds is 6. The van der Waals surface area contributed by atoms with Crippen LogP contribution in [0.3, 0.4) is 0 Å². The maximum absolute atomic E-state index is 13.4. The number of alkyl halides is 4. The van der Waals surface area contributed by atoms with Crippen LogP contribution in [0.4, 0.5) is 34.9 Å². The number of nitrogens with zero attached hydrogens (tertiary/aromatic N) is 2. The van der Waals surface area contributed by atoms with Gasteiger partial charge in [0.1, 0.15) is 16.5 Å². The van der Waals surface area contributed by atoms with E-state index in [2.05, 4.69) is 35.4 Å². The predicted octanol–water partition coefficient (Wildman–Crippen LogP) is 4.32. The molecule has 2 aromatic heterocycles. The quantitative estimate of drug-likeness (QED) is 0.435. The Balaban J connectivity index is 1.44. The number of hydrogen-bond donors (Lipinski definition) is 3. The Morgan fingerprint density at radius 1 is 1.00 bits per heavy atom. The monoisotopic (exact) mass is 497 g/mol. The maximum Gasteiger partial charge on any atom is 0.507 e. The fourth-order valence-electron chi connectivity index (χ4n) is 2.88. The van der Waals surface area contributed by atoms with Gasteiger partial charge in [-0.05, 0) is 29.8 Å². The Morgan fingerprint density at radius 3 is 2.47 bits per heavy atom. The van der Waals surface area contributed by atoms with Crippen LogP contribution in [0.5, 0.6) is 11.5 Å². The van der Waals surface area contributed by atoms with Gasteiger partial charge in [0.15, 0.2) is 11.5 Å². The minimum absolute atomic E-state index is 0.0156. The van der Waals surface area contributed by atoms with Gasteiger partial charge in [-0.1, -0.05) is 0 Å². The van der Waals surface area contributed by atoms with Crippen LogP contribution in [0, 0.1) is 0 Å². The molecule has 1 aromatic carbocycles. The molecular weight excluding hydrogens is 482 g/mol. The Hall–Kier alpha value is -3.94. The van der Waals surface area contributed by atoms with Crippen LogP contribution in [-0.4, -0.2) is 34.0 Å². The molecule has 14 heteroatoms. The molecule has 3 N–H and O–H groups in total. The van der Waals surface area contributed by atoms with E-state index in [1.807, 2.05) is 0 Å². The van der Waals surface area contributed by atoms with Crippen molar-refractivity contribution in [1.82, 2.24) is 9.97 Å². The van der Waals surface area contributed by atoms with Crippen molar-refractivity contribution < 1.29 is 36.6 Å². The van der Waals surface area contributed by atoms with Gasteiger partial charge >= 0.3 is 12.2 Å². The van der Waals surface area contributed by atoms with Crippen molar-refractivity contribution in [3.8, 4) is 11.5 Å². The summed E-state index contributed by atoms with van der Waals surface area (Å²) in [7, 11) is 0. The van der Waals surface area contributed by atoms with Crippen LogP contribution >= 0.6 is 11.3 Å². The minimum Gasteiger partial charge on any atom is -0.421 e. The molecule has 0 atom stereocenters. The molecule has 9 nitrogen and oxygen atoms in total. The van der Waals surface area contributed by atoms with Gasteiger partial charge < -0.3 is 25.4 Å². The van der Waals surface area contributed by atoms with Gasteiger partial charge in [-0.3, -0.25) is 9.59 Å². The highest BCUT2D eigenvalue weighted by Gasteiger charge is 2.65. The summed E-state index contributed by atoms with van der Waals surface area (Å²) in [5.41, 5.74) is 2.20. The van der Waals surface area contributed by atoms with E-state index in [0.717, 1.165) is 29.0 Å². The van der Waals surface area contributed by atoms with E-state index in [0.29, 0.717) is 5.82 Å². The van der Waals surface area contributed by atoms with E-state index in [1.165, 1.54) is 24.7 Å². The van der Waals surface area contributed by atoms with Gasteiger partial charge in [-0.25, -0.2) is 9.97 Å². The van der Waals surface area contributed by atoms with Gasteiger partial charge in [0.25, 0.3) is 5.91 Å². The fourth-order valence-corrected chi connectivity index (χ4v) is 3.54. The lowest BCUT2D eigenvalue weighted by Gasteiger charge is -2.31. The lowest BCUT2D eigenvalue weighted by atomic mass is 10.2. The molecule has 3 heterocycles. The molecular formula is C20H15F4N5O4S. The second-order valence-electron chi connectivity index (χ2n) is 6.97. The fraction of sp³-hybridized carbons (Fsp3) is 0.200. The maximum atomic E-state index is 13.4. The van der Waals surface area contributed by atoms with Crippen LogP contribution in [0.2, 0.25) is 0 Å². The van der Waals surface area contributed by atoms with Crippen molar-refractivity contribution in [2.24, 2.45) is 0 Å². The molecule has 0 saturated carbocycles. The lowest BCUT2D eigenvalue weighted by Crippen LogP contribution is -2.52. The second kappa shape index (κ2) is 8.78. The summed E-state index contributed by atoms with van der Waals surface area (Å²) in [5, 5.41) is 8.04. The third-order valence-electron chi connectivity index (χ3n) is 4.38. The first-order chi connectivity index (χ1) is 16.0. The SMILES string of the molecule is CC(=O)Nc1cc(CNc2ncsc2C(=O)Nc2ccc3c(c2)OC(F)(F)C(F)(F)O3)ccn1. The van der Waals surface area contributed by atoms with E-state index >= 15 is 0 Å². The van der Waals surface area contributed by atoms with Crippen LogP contribution in [0.1, 0.15) is 22.2 Å². The summed E-state index contributed by atoms with van der Waals surface area (Å²) in [4.78, 5) is 32.2. The van der Waals surface area contributed by atoms with Gasteiger partial charge in [-0.15, -0.1) is 11.3 Å². The van der Waals surface area contributed by atoms with Crippen LogP contribution in [0.25, 0.3) is 0 Å². The Morgan fingerprint density at radius 2 is 1.74 bits per heavy atom. The van der Waals surface area contributed by atoms with E-state index in [9.17, 15) is 27.2 Å². The number of aromatic nitrogens is 2. The molecule has 0 saturated heterocycles.